The number of benzene rings is 1. The van der Waals surface area contributed by atoms with Crippen LogP contribution in [-0.2, 0) is 6.42 Å². The Bertz CT molecular complexity index is 619. The third-order valence-electron chi connectivity index (χ3n) is 2.48. The first-order valence-electron chi connectivity index (χ1n) is 5.97. The third-order valence-corrected chi connectivity index (χ3v) is 2.48. The van der Waals surface area contributed by atoms with Crippen molar-refractivity contribution >= 4 is 23.3 Å². The summed E-state index contributed by atoms with van der Waals surface area (Å²) in [5.74, 6) is 0.328. The molecule has 20 heavy (non-hydrogen) atoms. The van der Waals surface area contributed by atoms with Gasteiger partial charge in [-0.3, -0.25) is 9.89 Å². The van der Waals surface area contributed by atoms with Gasteiger partial charge in [-0.15, -0.1) is 5.10 Å². The van der Waals surface area contributed by atoms with Crippen molar-refractivity contribution in [3.05, 3.63) is 35.9 Å². The Kier molecular flexibility index (Phi) is 3.94. The predicted octanol–water partition coefficient (Wildman–Crippen LogP) is 1.11. The fourth-order valence-electron chi connectivity index (χ4n) is 1.52. The minimum atomic E-state index is -0.644. The second-order valence-corrected chi connectivity index (χ2v) is 3.98. The fourth-order valence-corrected chi connectivity index (χ4v) is 1.52. The number of carbonyl (C=O) groups excluding carboxylic acids is 2. The van der Waals surface area contributed by atoms with Gasteiger partial charge in [0, 0.05) is 17.8 Å². The maximum absolute atomic E-state index is 11.9. The first-order chi connectivity index (χ1) is 9.58. The molecule has 0 radical (unpaired) electrons. The summed E-state index contributed by atoms with van der Waals surface area (Å²) in [6.45, 7) is 1.91. The largest absolute Gasteiger partial charge is 0.351 e. The van der Waals surface area contributed by atoms with Crippen molar-refractivity contribution in [2.45, 2.75) is 13.3 Å². The van der Waals surface area contributed by atoms with Gasteiger partial charge in [0.15, 0.2) is 0 Å². The molecule has 1 aromatic carbocycles. The summed E-state index contributed by atoms with van der Waals surface area (Å²) in [5, 5.41) is 11.6. The molecule has 8 nitrogen and oxygen atoms in total. The number of rotatable bonds is 4. The molecule has 0 fully saturated rings. The van der Waals surface area contributed by atoms with E-state index in [0.717, 1.165) is 0 Å². The first kappa shape index (κ1) is 13.5. The summed E-state index contributed by atoms with van der Waals surface area (Å²) in [6.07, 6.45) is 0.674. The van der Waals surface area contributed by atoms with Crippen molar-refractivity contribution in [1.29, 1.82) is 0 Å². The predicted molar refractivity (Wildman–Crippen MR) is 73.4 cm³/mol. The zero-order chi connectivity index (χ0) is 14.5. The van der Waals surface area contributed by atoms with Crippen molar-refractivity contribution in [3.8, 4) is 0 Å². The van der Waals surface area contributed by atoms with Crippen LogP contribution < -0.4 is 16.4 Å². The summed E-state index contributed by atoms with van der Waals surface area (Å²) in [7, 11) is 0. The molecule has 0 bridgehead atoms. The van der Waals surface area contributed by atoms with E-state index in [1.165, 1.54) is 0 Å². The quantitative estimate of drug-likeness (QED) is 0.666. The van der Waals surface area contributed by atoms with E-state index in [1.54, 1.807) is 24.3 Å². The van der Waals surface area contributed by atoms with Gasteiger partial charge in [0.25, 0.3) is 5.91 Å². The lowest BCUT2D eigenvalue weighted by atomic mass is 10.3. The molecule has 0 atom stereocenters. The molecule has 0 aliphatic rings. The van der Waals surface area contributed by atoms with Crippen LogP contribution in [0.5, 0.6) is 0 Å². The molecule has 5 N–H and O–H groups in total. The second kappa shape index (κ2) is 5.83. The lowest BCUT2D eigenvalue weighted by Gasteiger charge is -2.05. The highest BCUT2D eigenvalue weighted by atomic mass is 16.2. The molecular weight excluding hydrogens is 260 g/mol. The van der Waals surface area contributed by atoms with Gasteiger partial charge in [-0.25, -0.2) is 9.78 Å². The molecule has 2 rings (SSSR count). The average molecular weight is 274 g/mol. The number of nitrogens with zero attached hydrogens (tertiary/aromatic N) is 2. The second-order valence-electron chi connectivity index (χ2n) is 3.98. The zero-order valence-corrected chi connectivity index (χ0v) is 10.8. The monoisotopic (exact) mass is 274 g/mol. The summed E-state index contributed by atoms with van der Waals surface area (Å²) in [4.78, 5) is 26.6. The number of hydrogen-bond donors (Lipinski definition) is 4. The van der Waals surface area contributed by atoms with Gasteiger partial charge >= 0.3 is 6.03 Å². The lowest BCUT2D eigenvalue weighted by molar-refractivity contribution is 0.101. The Balaban J connectivity index is 2.02. The normalized spacial score (nSPS) is 10.1. The van der Waals surface area contributed by atoms with E-state index in [9.17, 15) is 9.59 Å². The smallest absolute Gasteiger partial charge is 0.316 e. The van der Waals surface area contributed by atoms with E-state index < -0.39 is 11.9 Å². The molecule has 3 amide bonds. The van der Waals surface area contributed by atoms with E-state index in [1.807, 2.05) is 6.92 Å². The number of aromatic nitrogens is 3. The van der Waals surface area contributed by atoms with Gasteiger partial charge in [-0.1, -0.05) is 6.92 Å². The van der Waals surface area contributed by atoms with Crippen LogP contribution in [0.2, 0.25) is 0 Å². The van der Waals surface area contributed by atoms with Crippen molar-refractivity contribution in [1.82, 2.24) is 15.2 Å². The number of urea groups is 1. The Labute approximate surface area is 114 Å². The summed E-state index contributed by atoms with van der Waals surface area (Å²) in [5.41, 5.74) is 6.10. The van der Waals surface area contributed by atoms with Crippen LogP contribution in [0.4, 0.5) is 16.2 Å². The van der Waals surface area contributed by atoms with Crippen LogP contribution in [-0.4, -0.2) is 27.1 Å². The van der Waals surface area contributed by atoms with E-state index in [4.69, 9.17) is 5.73 Å². The van der Waals surface area contributed by atoms with Crippen LogP contribution in [0.1, 0.15) is 23.4 Å². The molecule has 1 aromatic heterocycles. The average Bonchev–Trinajstić information content (AvgIpc) is 2.89. The molecule has 0 saturated carbocycles. The van der Waals surface area contributed by atoms with Gasteiger partial charge in [0.2, 0.25) is 5.82 Å². The highest BCUT2D eigenvalue weighted by Crippen LogP contribution is 2.13. The van der Waals surface area contributed by atoms with Gasteiger partial charge in [-0.2, -0.15) is 0 Å². The Morgan fingerprint density at radius 2 is 1.80 bits per heavy atom. The number of aryl methyl sites for hydroxylation is 1. The number of primary amides is 1. The molecule has 0 aliphatic carbocycles. The molecule has 2 aromatic rings. The van der Waals surface area contributed by atoms with Crippen LogP contribution in [0, 0.1) is 0 Å². The lowest BCUT2D eigenvalue weighted by Crippen LogP contribution is -2.19. The van der Waals surface area contributed by atoms with Crippen LogP contribution in [0.15, 0.2) is 24.3 Å². The van der Waals surface area contributed by atoms with Crippen LogP contribution >= 0.6 is 0 Å². The molecule has 0 saturated heterocycles. The molecule has 1 heterocycles. The number of aromatic amines is 1. The molecular formula is C12H14N6O2. The van der Waals surface area contributed by atoms with Crippen molar-refractivity contribution in [2.24, 2.45) is 5.73 Å². The highest BCUT2D eigenvalue weighted by Gasteiger charge is 2.11. The van der Waals surface area contributed by atoms with Crippen LogP contribution in [0.25, 0.3) is 0 Å². The number of nitrogens with two attached hydrogens (primary N) is 1. The molecule has 0 spiro atoms. The van der Waals surface area contributed by atoms with E-state index in [-0.39, 0.29) is 5.82 Å². The molecule has 0 unspecified atom stereocenters. The summed E-state index contributed by atoms with van der Waals surface area (Å²) in [6, 6.07) is 5.87. The molecule has 0 aliphatic heterocycles. The fraction of sp³-hybridized carbons (Fsp3) is 0.167. The third kappa shape index (κ3) is 3.31. The Morgan fingerprint density at radius 1 is 1.20 bits per heavy atom. The number of anilines is 2. The molecule has 8 heteroatoms. The minimum absolute atomic E-state index is 0.0844. The topological polar surface area (TPSA) is 126 Å². The minimum Gasteiger partial charge on any atom is -0.351 e. The first-order valence-corrected chi connectivity index (χ1v) is 5.97. The number of hydrogen-bond acceptors (Lipinski definition) is 4. The van der Waals surface area contributed by atoms with Gasteiger partial charge in [0.05, 0.1) is 0 Å². The van der Waals surface area contributed by atoms with Gasteiger partial charge < -0.3 is 16.4 Å². The van der Waals surface area contributed by atoms with E-state index in [0.29, 0.717) is 23.6 Å². The standard InChI is InChI=1S/C12H14N6O2/c1-2-9-16-10(18-17-9)11(19)14-7-3-5-8(6-4-7)15-12(13)20/h3-6H,2H2,1H3,(H,14,19)(H3,13,15,20)(H,16,17,18). The summed E-state index contributed by atoms with van der Waals surface area (Å²) >= 11 is 0. The number of H-pyrrole nitrogens is 1. The number of amides is 3. The van der Waals surface area contributed by atoms with Crippen molar-refractivity contribution < 1.29 is 9.59 Å². The summed E-state index contributed by atoms with van der Waals surface area (Å²) < 4.78 is 0. The van der Waals surface area contributed by atoms with E-state index >= 15 is 0 Å². The highest BCUT2D eigenvalue weighted by molar-refractivity contribution is 6.01. The maximum atomic E-state index is 11.9. The Morgan fingerprint density at radius 3 is 2.30 bits per heavy atom. The maximum Gasteiger partial charge on any atom is 0.316 e. The van der Waals surface area contributed by atoms with Gasteiger partial charge in [-0.05, 0) is 24.3 Å². The number of carbonyl (C=O) groups is 2. The number of nitrogens with one attached hydrogen (secondary N) is 3. The van der Waals surface area contributed by atoms with Crippen LogP contribution in [0.3, 0.4) is 0 Å². The zero-order valence-electron chi connectivity index (χ0n) is 10.8. The molecule has 104 valence electrons. The Hall–Kier alpha value is -2.90. The van der Waals surface area contributed by atoms with Crippen molar-refractivity contribution in [3.63, 3.8) is 0 Å². The van der Waals surface area contributed by atoms with E-state index in [2.05, 4.69) is 25.8 Å². The SMILES string of the molecule is CCc1nc(C(=O)Nc2ccc(NC(N)=O)cc2)n[nH]1. The van der Waals surface area contributed by atoms with Gasteiger partial charge in [0.1, 0.15) is 5.82 Å². The van der Waals surface area contributed by atoms with Crippen molar-refractivity contribution in [2.75, 3.05) is 10.6 Å².